The lowest BCUT2D eigenvalue weighted by Crippen LogP contribution is -2.52. The highest BCUT2D eigenvalue weighted by molar-refractivity contribution is 5.95. The molecule has 1 aliphatic carbocycles. The molecule has 1 amide bonds. The molecule has 0 spiro atoms. The van der Waals surface area contributed by atoms with E-state index in [9.17, 15) is 26.7 Å². The van der Waals surface area contributed by atoms with Gasteiger partial charge in [-0.05, 0) is 49.9 Å². The number of anilines is 1. The van der Waals surface area contributed by atoms with Gasteiger partial charge < -0.3 is 15.0 Å². The Morgan fingerprint density at radius 2 is 2.00 bits per heavy atom. The summed E-state index contributed by atoms with van der Waals surface area (Å²) < 4.78 is 72.5. The van der Waals surface area contributed by atoms with Crippen LogP contribution in [0, 0.1) is 12.8 Å². The van der Waals surface area contributed by atoms with E-state index in [2.05, 4.69) is 15.3 Å². The molecule has 1 N–H and O–H groups in total. The zero-order chi connectivity index (χ0) is 24.5. The van der Waals surface area contributed by atoms with Gasteiger partial charge in [-0.2, -0.15) is 13.2 Å². The number of nitrogens with zero attached hydrogens (tertiary/aromatic N) is 3. The lowest BCUT2D eigenvalue weighted by atomic mass is 9.97. The molecule has 4 rings (SSSR count). The second-order valence-electron chi connectivity index (χ2n) is 8.83. The number of amides is 1. The molecular formula is C23H25F5N4O2. The normalized spacial score (nSPS) is 20.2. The van der Waals surface area contributed by atoms with Gasteiger partial charge in [0.1, 0.15) is 5.82 Å². The second-order valence-corrected chi connectivity index (χ2v) is 8.83. The van der Waals surface area contributed by atoms with Gasteiger partial charge in [-0.15, -0.1) is 0 Å². The predicted octanol–water partition coefficient (Wildman–Crippen LogP) is 4.94. The molecule has 1 aliphatic heterocycles. The van der Waals surface area contributed by atoms with E-state index in [-0.39, 0.29) is 24.6 Å². The minimum Gasteiger partial charge on any atom is -0.491 e. The lowest BCUT2D eigenvalue weighted by molar-refractivity contribution is -0.137. The van der Waals surface area contributed by atoms with Gasteiger partial charge in [-0.25, -0.2) is 18.7 Å². The predicted molar refractivity (Wildman–Crippen MR) is 114 cm³/mol. The fraction of sp³-hybridized carbons (Fsp3) is 0.522. The first-order valence-corrected chi connectivity index (χ1v) is 11.1. The SMILES string of the molecule is Cc1ccc(OCC2CC2)c(C(=O)N2CCC(F)(F)CC2CNc2ccc(C(F)(F)F)cn2)n1. The smallest absolute Gasteiger partial charge is 0.417 e. The molecule has 2 aromatic heterocycles. The largest absolute Gasteiger partial charge is 0.491 e. The quantitative estimate of drug-likeness (QED) is 0.564. The topological polar surface area (TPSA) is 67.3 Å². The molecular weight excluding hydrogens is 459 g/mol. The Labute approximate surface area is 193 Å². The molecule has 2 fully saturated rings. The Bertz CT molecular complexity index is 1030. The zero-order valence-corrected chi connectivity index (χ0v) is 18.5. The number of nitrogens with one attached hydrogen (secondary N) is 1. The summed E-state index contributed by atoms with van der Waals surface area (Å²) in [4.78, 5) is 22.8. The van der Waals surface area contributed by atoms with Crippen molar-refractivity contribution < 1.29 is 31.5 Å². The Morgan fingerprint density at radius 1 is 1.24 bits per heavy atom. The summed E-state index contributed by atoms with van der Waals surface area (Å²) >= 11 is 0. The van der Waals surface area contributed by atoms with E-state index in [1.165, 1.54) is 4.90 Å². The van der Waals surface area contributed by atoms with Crippen molar-refractivity contribution in [3.8, 4) is 5.75 Å². The second kappa shape index (κ2) is 9.34. The molecule has 2 aromatic rings. The Morgan fingerprint density at radius 3 is 2.65 bits per heavy atom. The van der Waals surface area contributed by atoms with E-state index in [1.54, 1.807) is 19.1 Å². The molecule has 1 saturated heterocycles. The molecule has 0 bridgehead atoms. The molecule has 1 atom stereocenters. The Hall–Kier alpha value is -2.98. The highest BCUT2D eigenvalue weighted by Gasteiger charge is 2.43. The summed E-state index contributed by atoms with van der Waals surface area (Å²) in [6.07, 6.45) is -2.81. The van der Waals surface area contributed by atoms with Crippen LogP contribution in [0.15, 0.2) is 30.5 Å². The molecule has 0 radical (unpaired) electrons. The van der Waals surface area contributed by atoms with E-state index in [0.29, 0.717) is 30.2 Å². The number of carbonyl (C=O) groups is 1. The number of aromatic nitrogens is 2. The molecule has 184 valence electrons. The maximum absolute atomic E-state index is 14.2. The molecule has 2 aliphatic rings. The van der Waals surface area contributed by atoms with E-state index in [0.717, 1.165) is 25.0 Å². The van der Waals surface area contributed by atoms with Crippen molar-refractivity contribution in [3.05, 3.63) is 47.4 Å². The Kier molecular flexibility index (Phi) is 6.64. The van der Waals surface area contributed by atoms with Crippen LogP contribution in [0.25, 0.3) is 0 Å². The highest BCUT2D eigenvalue weighted by atomic mass is 19.4. The lowest BCUT2D eigenvalue weighted by Gasteiger charge is -2.39. The van der Waals surface area contributed by atoms with E-state index < -0.39 is 42.5 Å². The average molecular weight is 484 g/mol. The molecule has 6 nitrogen and oxygen atoms in total. The number of aryl methyl sites for hydroxylation is 1. The molecule has 34 heavy (non-hydrogen) atoms. The fourth-order valence-corrected chi connectivity index (χ4v) is 3.80. The number of likely N-dealkylation sites (tertiary alicyclic amines) is 1. The fourth-order valence-electron chi connectivity index (χ4n) is 3.80. The number of pyridine rings is 2. The first-order chi connectivity index (χ1) is 16.0. The molecule has 3 heterocycles. The Balaban J connectivity index is 1.50. The molecule has 1 unspecified atom stereocenters. The van der Waals surface area contributed by atoms with Gasteiger partial charge in [0.05, 0.1) is 18.2 Å². The number of alkyl halides is 5. The van der Waals surface area contributed by atoms with Gasteiger partial charge >= 0.3 is 6.18 Å². The average Bonchev–Trinajstić information content (AvgIpc) is 3.60. The standard InChI is InChI=1S/C23H25F5N4O2/c1-14-2-6-18(34-13-15-3-4-15)20(31-14)21(33)32-9-8-22(24,25)10-17(32)12-30-19-7-5-16(11-29-19)23(26,27)28/h2,5-7,11,15,17H,3-4,8-10,12-13H2,1H3,(H,29,30). The van der Waals surface area contributed by atoms with Crippen LogP contribution in [-0.4, -0.2) is 52.4 Å². The van der Waals surface area contributed by atoms with Crippen LogP contribution < -0.4 is 10.1 Å². The van der Waals surface area contributed by atoms with E-state index in [1.807, 2.05) is 0 Å². The van der Waals surface area contributed by atoms with Crippen molar-refractivity contribution in [3.63, 3.8) is 0 Å². The van der Waals surface area contributed by atoms with Gasteiger partial charge in [0.25, 0.3) is 11.8 Å². The summed E-state index contributed by atoms with van der Waals surface area (Å²) in [6.45, 7) is 1.90. The maximum atomic E-state index is 14.2. The number of ether oxygens (including phenoxy) is 1. The summed E-state index contributed by atoms with van der Waals surface area (Å²) in [5.74, 6) is -2.63. The summed E-state index contributed by atoms with van der Waals surface area (Å²) in [6, 6.07) is 4.45. The third-order valence-electron chi connectivity index (χ3n) is 5.94. The summed E-state index contributed by atoms with van der Waals surface area (Å²) in [5.41, 5.74) is -0.250. The third kappa shape index (κ3) is 5.92. The van der Waals surface area contributed by atoms with Crippen molar-refractivity contribution in [2.24, 2.45) is 5.92 Å². The van der Waals surface area contributed by atoms with Gasteiger partial charge in [0.2, 0.25) is 0 Å². The first-order valence-electron chi connectivity index (χ1n) is 11.1. The summed E-state index contributed by atoms with van der Waals surface area (Å²) in [5, 5.41) is 2.78. The minimum absolute atomic E-state index is 0.0727. The number of carbonyl (C=O) groups excluding carboxylic acids is 1. The van der Waals surface area contributed by atoms with Gasteiger partial charge in [0, 0.05) is 37.8 Å². The maximum Gasteiger partial charge on any atom is 0.417 e. The van der Waals surface area contributed by atoms with Crippen molar-refractivity contribution >= 4 is 11.7 Å². The van der Waals surface area contributed by atoms with Crippen molar-refractivity contribution in [1.82, 2.24) is 14.9 Å². The number of halogens is 5. The monoisotopic (exact) mass is 484 g/mol. The third-order valence-corrected chi connectivity index (χ3v) is 5.94. The van der Waals surface area contributed by atoms with Crippen LogP contribution in [0.2, 0.25) is 0 Å². The van der Waals surface area contributed by atoms with Crippen LogP contribution in [-0.2, 0) is 6.18 Å². The number of piperidine rings is 1. The van der Waals surface area contributed by atoms with Crippen molar-refractivity contribution in [2.75, 3.05) is 25.0 Å². The highest BCUT2D eigenvalue weighted by Crippen LogP contribution is 2.35. The van der Waals surface area contributed by atoms with Crippen molar-refractivity contribution in [2.45, 2.75) is 50.7 Å². The van der Waals surface area contributed by atoms with Gasteiger partial charge in [0.15, 0.2) is 11.4 Å². The van der Waals surface area contributed by atoms with E-state index >= 15 is 0 Å². The van der Waals surface area contributed by atoms with Crippen LogP contribution in [0.1, 0.15) is 47.4 Å². The molecule has 1 saturated carbocycles. The summed E-state index contributed by atoms with van der Waals surface area (Å²) in [7, 11) is 0. The number of hydrogen-bond donors (Lipinski definition) is 1. The van der Waals surface area contributed by atoms with Crippen molar-refractivity contribution in [1.29, 1.82) is 0 Å². The van der Waals surface area contributed by atoms with E-state index in [4.69, 9.17) is 4.74 Å². The molecule has 11 heteroatoms. The van der Waals surface area contributed by atoms with Crippen LogP contribution in [0.3, 0.4) is 0 Å². The zero-order valence-electron chi connectivity index (χ0n) is 18.5. The van der Waals surface area contributed by atoms with Gasteiger partial charge in [-0.1, -0.05) is 0 Å². The van der Waals surface area contributed by atoms with Crippen LogP contribution in [0.4, 0.5) is 27.8 Å². The number of rotatable bonds is 7. The number of hydrogen-bond acceptors (Lipinski definition) is 5. The van der Waals surface area contributed by atoms with Gasteiger partial charge in [-0.3, -0.25) is 4.79 Å². The minimum atomic E-state index is -4.53. The van der Waals surface area contributed by atoms with Crippen LogP contribution in [0.5, 0.6) is 5.75 Å². The molecule has 0 aromatic carbocycles. The van der Waals surface area contributed by atoms with Crippen LogP contribution >= 0.6 is 0 Å². The first kappa shape index (κ1) is 24.2.